The quantitative estimate of drug-likeness (QED) is 0.671. The van der Waals surface area contributed by atoms with Crippen molar-refractivity contribution < 1.29 is 19.0 Å². The third kappa shape index (κ3) is 4.29. The summed E-state index contributed by atoms with van der Waals surface area (Å²) < 4.78 is 16.5. The van der Waals surface area contributed by atoms with E-state index in [0.29, 0.717) is 30.4 Å². The topological polar surface area (TPSA) is 69.2 Å². The number of fused-ring (bicyclic) bond motifs is 1. The lowest BCUT2D eigenvalue weighted by Gasteiger charge is -2.18. The Hall–Kier alpha value is -3.02. The van der Waals surface area contributed by atoms with Crippen LogP contribution in [0.3, 0.4) is 0 Å². The molecule has 6 heteroatoms. The van der Waals surface area contributed by atoms with Crippen LogP contribution in [0.2, 0.25) is 0 Å². The molecule has 0 aliphatic carbocycles. The fraction of sp³-hybridized carbons (Fsp3) is 0.263. The SMILES string of the molecule is CC(=NNC(=O)COc1ccccc1C)c1ccc2c(c1)OCCO2. The Morgan fingerprint density at radius 2 is 1.92 bits per heavy atom. The normalized spacial score (nSPS) is 13.3. The summed E-state index contributed by atoms with van der Waals surface area (Å²) in [6, 6.07) is 13.1. The van der Waals surface area contributed by atoms with Gasteiger partial charge < -0.3 is 14.2 Å². The predicted octanol–water partition coefficient (Wildman–Crippen LogP) is 2.69. The maximum atomic E-state index is 11.9. The summed E-state index contributed by atoms with van der Waals surface area (Å²) in [4.78, 5) is 11.9. The van der Waals surface area contributed by atoms with E-state index in [1.54, 1.807) is 0 Å². The lowest BCUT2D eigenvalue weighted by atomic mass is 10.1. The van der Waals surface area contributed by atoms with Crippen molar-refractivity contribution in [3.05, 3.63) is 53.6 Å². The first-order valence-corrected chi connectivity index (χ1v) is 8.05. The molecule has 0 radical (unpaired) electrons. The van der Waals surface area contributed by atoms with Gasteiger partial charge >= 0.3 is 0 Å². The number of nitrogens with one attached hydrogen (secondary N) is 1. The minimum atomic E-state index is -0.319. The molecule has 0 aromatic heterocycles. The van der Waals surface area contributed by atoms with Gasteiger partial charge in [0.15, 0.2) is 18.1 Å². The number of para-hydroxylation sites is 1. The number of carbonyl (C=O) groups excluding carboxylic acids is 1. The van der Waals surface area contributed by atoms with E-state index < -0.39 is 0 Å². The van der Waals surface area contributed by atoms with E-state index in [1.807, 2.05) is 56.3 Å². The van der Waals surface area contributed by atoms with Crippen molar-refractivity contribution in [1.29, 1.82) is 0 Å². The van der Waals surface area contributed by atoms with Gasteiger partial charge in [0.2, 0.25) is 0 Å². The zero-order chi connectivity index (χ0) is 17.6. The van der Waals surface area contributed by atoms with Gasteiger partial charge in [-0.25, -0.2) is 5.43 Å². The summed E-state index contributed by atoms with van der Waals surface area (Å²) in [7, 11) is 0. The maximum Gasteiger partial charge on any atom is 0.277 e. The van der Waals surface area contributed by atoms with Crippen LogP contribution in [0.1, 0.15) is 18.1 Å². The highest BCUT2D eigenvalue weighted by atomic mass is 16.6. The van der Waals surface area contributed by atoms with Gasteiger partial charge in [0.05, 0.1) is 5.71 Å². The smallest absolute Gasteiger partial charge is 0.277 e. The van der Waals surface area contributed by atoms with E-state index in [9.17, 15) is 4.79 Å². The van der Waals surface area contributed by atoms with Crippen molar-refractivity contribution in [2.24, 2.45) is 5.10 Å². The van der Waals surface area contributed by atoms with Gasteiger partial charge in [-0.05, 0) is 43.7 Å². The Labute approximate surface area is 146 Å². The number of benzene rings is 2. The summed E-state index contributed by atoms with van der Waals surface area (Å²) in [5.74, 6) is 1.77. The fourth-order valence-electron chi connectivity index (χ4n) is 2.37. The summed E-state index contributed by atoms with van der Waals surface area (Å²) in [6.07, 6.45) is 0. The standard InChI is InChI=1S/C19H20N2O4/c1-13-5-3-4-6-16(13)25-12-19(22)21-20-14(2)15-7-8-17-18(11-15)24-10-9-23-17/h3-8,11H,9-10,12H2,1-2H3,(H,21,22). The molecule has 1 aliphatic heterocycles. The highest BCUT2D eigenvalue weighted by Gasteiger charge is 2.12. The molecule has 6 nitrogen and oxygen atoms in total. The van der Waals surface area contributed by atoms with E-state index in [4.69, 9.17) is 14.2 Å². The predicted molar refractivity (Wildman–Crippen MR) is 94.5 cm³/mol. The summed E-state index contributed by atoms with van der Waals surface area (Å²) >= 11 is 0. The molecule has 1 heterocycles. The van der Waals surface area contributed by atoms with Gasteiger partial charge in [-0.15, -0.1) is 0 Å². The average Bonchev–Trinajstić information content (AvgIpc) is 2.65. The summed E-state index contributed by atoms with van der Waals surface area (Å²) in [5.41, 5.74) is 5.00. The maximum absolute atomic E-state index is 11.9. The van der Waals surface area contributed by atoms with Crippen molar-refractivity contribution in [1.82, 2.24) is 5.43 Å². The third-order valence-electron chi connectivity index (χ3n) is 3.76. The molecule has 0 atom stereocenters. The molecule has 0 unspecified atom stereocenters. The molecular formula is C19H20N2O4. The first-order chi connectivity index (χ1) is 12.1. The molecule has 0 fully saturated rings. The van der Waals surface area contributed by atoms with Crippen molar-refractivity contribution in [2.45, 2.75) is 13.8 Å². The van der Waals surface area contributed by atoms with Gasteiger partial charge in [-0.1, -0.05) is 18.2 Å². The largest absolute Gasteiger partial charge is 0.486 e. The van der Waals surface area contributed by atoms with Crippen LogP contribution in [0.15, 0.2) is 47.6 Å². The lowest BCUT2D eigenvalue weighted by molar-refractivity contribution is -0.123. The second-order valence-corrected chi connectivity index (χ2v) is 5.64. The highest BCUT2D eigenvalue weighted by Crippen LogP contribution is 2.30. The van der Waals surface area contributed by atoms with Crippen molar-refractivity contribution in [3.63, 3.8) is 0 Å². The van der Waals surface area contributed by atoms with E-state index in [2.05, 4.69) is 10.5 Å². The van der Waals surface area contributed by atoms with Crippen LogP contribution in [0, 0.1) is 6.92 Å². The number of rotatable bonds is 5. The minimum absolute atomic E-state index is 0.0945. The Balaban J connectivity index is 1.57. The van der Waals surface area contributed by atoms with E-state index in [-0.39, 0.29) is 12.5 Å². The van der Waals surface area contributed by atoms with Crippen LogP contribution >= 0.6 is 0 Å². The number of nitrogens with zero attached hydrogens (tertiary/aromatic N) is 1. The number of ether oxygens (including phenoxy) is 3. The molecule has 0 bridgehead atoms. The second-order valence-electron chi connectivity index (χ2n) is 5.64. The van der Waals surface area contributed by atoms with E-state index in [0.717, 1.165) is 16.9 Å². The van der Waals surface area contributed by atoms with Crippen molar-refractivity contribution >= 4 is 11.6 Å². The Kier molecular flexibility index (Phi) is 5.18. The zero-order valence-corrected chi connectivity index (χ0v) is 14.2. The number of hydrazone groups is 1. The lowest BCUT2D eigenvalue weighted by Crippen LogP contribution is -2.25. The number of amides is 1. The molecular weight excluding hydrogens is 320 g/mol. The van der Waals surface area contributed by atoms with Crippen LogP contribution in [0.25, 0.3) is 0 Å². The molecule has 0 saturated carbocycles. The highest BCUT2D eigenvalue weighted by molar-refractivity contribution is 5.99. The monoisotopic (exact) mass is 340 g/mol. The van der Waals surface area contributed by atoms with E-state index in [1.165, 1.54) is 0 Å². The summed E-state index contributed by atoms with van der Waals surface area (Å²) in [6.45, 7) is 4.73. The van der Waals surface area contributed by atoms with Crippen LogP contribution in [-0.4, -0.2) is 31.4 Å². The average molecular weight is 340 g/mol. The Morgan fingerprint density at radius 1 is 1.16 bits per heavy atom. The third-order valence-corrected chi connectivity index (χ3v) is 3.76. The number of carbonyl (C=O) groups is 1. The first kappa shape index (κ1) is 16.8. The molecule has 1 aliphatic rings. The van der Waals surface area contributed by atoms with Crippen LogP contribution in [0.5, 0.6) is 17.2 Å². The van der Waals surface area contributed by atoms with Gasteiger partial charge in [0, 0.05) is 5.56 Å². The van der Waals surface area contributed by atoms with Crippen molar-refractivity contribution in [3.8, 4) is 17.2 Å². The van der Waals surface area contributed by atoms with Gasteiger partial charge in [0.25, 0.3) is 5.91 Å². The van der Waals surface area contributed by atoms with Crippen LogP contribution in [-0.2, 0) is 4.79 Å². The number of hydrogen-bond acceptors (Lipinski definition) is 5. The number of hydrogen-bond donors (Lipinski definition) is 1. The summed E-state index contributed by atoms with van der Waals surface area (Å²) in [5, 5.41) is 4.12. The molecule has 1 N–H and O–H groups in total. The molecule has 25 heavy (non-hydrogen) atoms. The van der Waals surface area contributed by atoms with Crippen LogP contribution in [0.4, 0.5) is 0 Å². The fourth-order valence-corrected chi connectivity index (χ4v) is 2.37. The minimum Gasteiger partial charge on any atom is -0.486 e. The molecule has 130 valence electrons. The molecule has 2 aromatic carbocycles. The molecule has 3 rings (SSSR count). The Morgan fingerprint density at radius 3 is 2.72 bits per heavy atom. The van der Waals surface area contributed by atoms with E-state index >= 15 is 0 Å². The zero-order valence-electron chi connectivity index (χ0n) is 14.2. The first-order valence-electron chi connectivity index (χ1n) is 8.05. The molecule has 0 saturated heterocycles. The van der Waals surface area contributed by atoms with Crippen molar-refractivity contribution in [2.75, 3.05) is 19.8 Å². The molecule has 0 spiro atoms. The van der Waals surface area contributed by atoms with Crippen LogP contribution < -0.4 is 19.6 Å². The molecule has 1 amide bonds. The molecule has 2 aromatic rings. The second kappa shape index (κ2) is 7.70. The Bertz CT molecular complexity index is 802. The van der Waals surface area contributed by atoms with Gasteiger partial charge in [-0.3, -0.25) is 4.79 Å². The van der Waals surface area contributed by atoms with Gasteiger partial charge in [0.1, 0.15) is 19.0 Å². The van der Waals surface area contributed by atoms with Gasteiger partial charge in [-0.2, -0.15) is 5.10 Å². The number of aryl methyl sites for hydroxylation is 1.